The largest absolute Gasteiger partial charge is 0.329 e. The first-order valence-corrected chi connectivity index (χ1v) is 6.98. The second-order valence-corrected chi connectivity index (χ2v) is 5.37. The number of benzene rings is 2. The molecule has 2 aromatic rings. The van der Waals surface area contributed by atoms with Gasteiger partial charge in [0.15, 0.2) is 0 Å². The average molecular weight is 311 g/mol. The SMILES string of the molecule is CN(Cc1ccc(F)cc1)C(CN)c1ccc(F)c(Cl)c1. The Balaban J connectivity index is 2.15. The first-order chi connectivity index (χ1) is 10.0. The molecule has 2 N–H and O–H groups in total. The van der Waals surface area contributed by atoms with E-state index in [1.807, 2.05) is 11.9 Å². The second-order valence-electron chi connectivity index (χ2n) is 4.97. The van der Waals surface area contributed by atoms with Crippen molar-refractivity contribution >= 4 is 11.6 Å². The van der Waals surface area contributed by atoms with Crippen molar-refractivity contribution < 1.29 is 8.78 Å². The summed E-state index contributed by atoms with van der Waals surface area (Å²) < 4.78 is 26.2. The number of hydrogen-bond donors (Lipinski definition) is 1. The third kappa shape index (κ3) is 4.00. The highest BCUT2D eigenvalue weighted by atomic mass is 35.5. The summed E-state index contributed by atoms with van der Waals surface area (Å²) in [5.74, 6) is -0.709. The van der Waals surface area contributed by atoms with Gasteiger partial charge in [0.2, 0.25) is 0 Å². The lowest BCUT2D eigenvalue weighted by Crippen LogP contribution is -2.30. The van der Waals surface area contributed by atoms with Gasteiger partial charge >= 0.3 is 0 Å². The molecule has 2 aromatic carbocycles. The Morgan fingerprint density at radius 3 is 2.38 bits per heavy atom. The highest BCUT2D eigenvalue weighted by Crippen LogP contribution is 2.25. The van der Waals surface area contributed by atoms with Crippen LogP contribution in [0, 0.1) is 11.6 Å². The molecular weight excluding hydrogens is 294 g/mol. The quantitative estimate of drug-likeness (QED) is 0.911. The Bertz CT molecular complexity index is 602. The van der Waals surface area contributed by atoms with Gasteiger partial charge in [-0.25, -0.2) is 8.78 Å². The first-order valence-electron chi connectivity index (χ1n) is 6.61. The zero-order valence-corrected chi connectivity index (χ0v) is 12.4. The Kier molecular flexibility index (Phi) is 5.28. The molecule has 0 saturated heterocycles. The molecule has 0 aliphatic carbocycles. The van der Waals surface area contributed by atoms with Crippen LogP contribution in [0.3, 0.4) is 0 Å². The van der Waals surface area contributed by atoms with Gasteiger partial charge in [0, 0.05) is 19.1 Å². The summed E-state index contributed by atoms with van der Waals surface area (Å²) in [6.45, 7) is 0.983. The van der Waals surface area contributed by atoms with E-state index in [4.69, 9.17) is 17.3 Å². The molecule has 5 heteroatoms. The lowest BCUT2D eigenvalue weighted by Gasteiger charge is -2.27. The van der Waals surface area contributed by atoms with Crippen LogP contribution in [0.5, 0.6) is 0 Å². The van der Waals surface area contributed by atoms with E-state index < -0.39 is 5.82 Å². The molecule has 0 aliphatic rings. The van der Waals surface area contributed by atoms with Crippen LogP contribution in [-0.4, -0.2) is 18.5 Å². The molecule has 112 valence electrons. The van der Waals surface area contributed by atoms with Crippen LogP contribution < -0.4 is 5.73 Å². The van der Waals surface area contributed by atoms with Gasteiger partial charge in [-0.15, -0.1) is 0 Å². The highest BCUT2D eigenvalue weighted by molar-refractivity contribution is 6.30. The van der Waals surface area contributed by atoms with Gasteiger partial charge in [-0.05, 0) is 42.4 Å². The third-order valence-electron chi connectivity index (χ3n) is 3.43. The minimum absolute atomic E-state index is 0.0844. The molecule has 0 aliphatic heterocycles. The number of halogens is 3. The number of hydrogen-bond acceptors (Lipinski definition) is 2. The number of rotatable bonds is 5. The number of likely N-dealkylation sites (N-methyl/N-ethyl adjacent to an activating group) is 1. The zero-order chi connectivity index (χ0) is 15.4. The molecule has 0 saturated carbocycles. The Hall–Kier alpha value is -1.49. The Labute approximate surface area is 128 Å². The minimum Gasteiger partial charge on any atom is -0.329 e. The predicted octanol–water partition coefficient (Wildman–Crippen LogP) is 3.75. The smallest absolute Gasteiger partial charge is 0.141 e. The zero-order valence-electron chi connectivity index (χ0n) is 11.7. The second kappa shape index (κ2) is 6.98. The van der Waals surface area contributed by atoms with Crippen molar-refractivity contribution in [2.45, 2.75) is 12.6 Å². The maximum atomic E-state index is 13.2. The molecule has 0 aromatic heterocycles. The fourth-order valence-electron chi connectivity index (χ4n) is 2.28. The van der Waals surface area contributed by atoms with Crippen LogP contribution in [-0.2, 0) is 6.54 Å². The summed E-state index contributed by atoms with van der Waals surface area (Å²) in [4.78, 5) is 2.02. The molecule has 0 amide bonds. The van der Waals surface area contributed by atoms with Crippen LogP contribution in [0.2, 0.25) is 5.02 Å². The summed E-state index contributed by atoms with van der Waals surface area (Å²) in [6.07, 6.45) is 0. The van der Waals surface area contributed by atoms with Gasteiger partial charge < -0.3 is 5.73 Å². The van der Waals surface area contributed by atoms with E-state index >= 15 is 0 Å². The molecule has 0 spiro atoms. The van der Waals surface area contributed by atoms with E-state index in [9.17, 15) is 8.78 Å². The van der Waals surface area contributed by atoms with Gasteiger partial charge in [0.25, 0.3) is 0 Å². The lowest BCUT2D eigenvalue weighted by molar-refractivity contribution is 0.241. The minimum atomic E-state index is -0.447. The number of nitrogens with two attached hydrogens (primary N) is 1. The molecule has 0 radical (unpaired) electrons. The third-order valence-corrected chi connectivity index (χ3v) is 3.72. The summed E-state index contributed by atoms with van der Waals surface area (Å²) in [5, 5.41) is 0.0844. The van der Waals surface area contributed by atoms with Gasteiger partial charge in [-0.2, -0.15) is 0 Å². The van der Waals surface area contributed by atoms with E-state index in [1.54, 1.807) is 24.3 Å². The van der Waals surface area contributed by atoms with Crippen molar-refractivity contribution in [1.29, 1.82) is 0 Å². The van der Waals surface area contributed by atoms with Gasteiger partial charge in [-0.3, -0.25) is 4.90 Å². The molecule has 0 bridgehead atoms. The molecule has 2 nitrogen and oxygen atoms in total. The molecular formula is C16H17ClF2N2. The van der Waals surface area contributed by atoms with Gasteiger partial charge in [0.05, 0.1) is 5.02 Å². The lowest BCUT2D eigenvalue weighted by atomic mass is 10.0. The molecule has 0 fully saturated rings. The van der Waals surface area contributed by atoms with E-state index in [2.05, 4.69) is 0 Å². The van der Waals surface area contributed by atoms with Gasteiger partial charge in [0.1, 0.15) is 11.6 Å². The van der Waals surface area contributed by atoms with Crippen LogP contribution in [0.4, 0.5) is 8.78 Å². The maximum Gasteiger partial charge on any atom is 0.141 e. The Morgan fingerprint density at radius 2 is 1.81 bits per heavy atom. The first kappa shape index (κ1) is 15.9. The van der Waals surface area contributed by atoms with Crippen LogP contribution in [0.25, 0.3) is 0 Å². The van der Waals surface area contributed by atoms with Crippen molar-refractivity contribution in [2.24, 2.45) is 5.73 Å². The van der Waals surface area contributed by atoms with Crippen molar-refractivity contribution in [3.63, 3.8) is 0 Å². The molecule has 2 rings (SSSR count). The van der Waals surface area contributed by atoms with E-state index in [0.29, 0.717) is 13.1 Å². The fraction of sp³-hybridized carbons (Fsp3) is 0.250. The summed E-state index contributed by atoms with van der Waals surface area (Å²) in [6, 6.07) is 10.8. The van der Waals surface area contributed by atoms with E-state index in [-0.39, 0.29) is 16.9 Å². The van der Waals surface area contributed by atoms with Crippen molar-refractivity contribution in [3.8, 4) is 0 Å². The Morgan fingerprint density at radius 1 is 1.14 bits per heavy atom. The van der Waals surface area contributed by atoms with Crippen LogP contribution >= 0.6 is 11.6 Å². The summed E-state index contributed by atoms with van der Waals surface area (Å²) in [5.41, 5.74) is 7.67. The van der Waals surface area contributed by atoms with Gasteiger partial charge in [-0.1, -0.05) is 29.8 Å². The van der Waals surface area contributed by atoms with Crippen LogP contribution in [0.1, 0.15) is 17.2 Å². The fourth-order valence-corrected chi connectivity index (χ4v) is 2.47. The number of nitrogens with zero attached hydrogens (tertiary/aromatic N) is 1. The van der Waals surface area contributed by atoms with Crippen molar-refractivity contribution in [1.82, 2.24) is 4.90 Å². The van der Waals surface area contributed by atoms with E-state index in [0.717, 1.165) is 11.1 Å². The topological polar surface area (TPSA) is 29.3 Å². The highest BCUT2D eigenvalue weighted by Gasteiger charge is 2.17. The molecule has 21 heavy (non-hydrogen) atoms. The normalized spacial score (nSPS) is 12.7. The van der Waals surface area contributed by atoms with Crippen LogP contribution in [0.15, 0.2) is 42.5 Å². The van der Waals surface area contributed by atoms with E-state index in [1.165, 1.54) is 18.2 Å². The summed E-state index contributed by atoms with van der Waals surface area (Å²) in [7, 11) is 1.91. The molecule has 1 unspecified atom stereocenters. The average Bonchev–Trinajstić information content (AvgIpc) is 2.46. The van der Waals surface area contributed by atoms with Crippen molar-refractivity contribution in [2.75, 3.05) is 13.6 Å². The predicted molar refractivity (Wildman–Crippen MR) is 81.1 cm³/mol. The standard InChI is InChI=1S/C16H17ClF2N2/c1-21(10-11-2-5-13(18)6-3-11)16(9-20)12-4-7-15(19)14(17)8-12/h2-8,16H,9-10,20H2,1H3. The molecule has 0 heterocycles. The monoisotopic (exact) mass is 310 g/mol. The maximum absolute atomic E-state index is 13.2. The summed E-state index contributed by atoms with van der Waals surface area (Å²) >= 11 is 5.82. The van der Waals surface area contributed by atoms with Crippen molar-refractivity contribution in [3.05, 3.63) is 70.2 Å². The molecule has 1 atom stereocenters.